The van der Waals surface area contributed by atoms with E-state index in [1.165, 1.54) is 33.0 Å². The van der Waals surface area contributed by atoms with Crippen LogP contribution in [0.3, 0.4) is 0 Å². The first-order valence-electron chi connectivity index (χ1n) is 15.7. The highest BCUT2D eigenvalue weighted by atomic mass is 16.5. The fraction of sp³-hybridized carbons (Fsp3) is 0.200. The van der Waals surface area contributed by atoms with Gasteiger partial charge in [0.05, 0.1) is 22.4 Å². The third-order valence-corrected chi connectivity index (χ3v) is 8.94. The zero-order valence-corrected chi connectivity index (χ0v) is 26.8. The number of rotatable bonds is 7. The lowest BCUT2D eigenvalue weighted by Crippen LogP contribution is -2.00. The summed E-state index contributed by atoms with van der Waals surface area (Å²) >= 11 is 0. The molecule has 3 heterocycles. The van der Waals surface area contributed by atoms with Gasteiger partial charge in [-0.2, -0.15) is 5.10 Å². The molecular formula is C40H38N4O. The van der Waals surface area contributed by atoms with Gasteiger partial charge in [0.15, 0.2) is 0 Å². The Hall–Kier alpha value is -5.16. The predicted molar refractivity (Wildman–Crippen MR) is 185 cm³/mol. The number of pyridine rings is 1. The molecule has 0 saturated carbocycles. The average molecular weight is 591 g/mol. The summed E-state index contributed by atoms with van der Waals surface area (Å²) in [5, 5.41) is 7.36. The Morgan fingerprint density at radius 3 is 2.33 bits per heavy atom. The van der Waals surface area contributed by atoms with Crippen molar-refractivity contribution in [2.24, 2.45) is 0 Å². The number of fused-ring (bicyclic) bond motifs is 3. The summed E-state index contributed by atoms with van der Waals surface area (Å²) in [7, 11) is 0. The van der Waals surface area contributed by atoms with E-state index >= 15 is 0 Å². The first-order chi connectivity index (χ1) is 21.8. The van der Waals surface area contributed by atoms with Crippen molar-refractivity contribution in [1.29, 1.82) is 0 Å². The number of hydrogen-bond donors (Lipinski definition) is 0. The van der Waals surface area contributed by atoms with E-state index in [9.17, 15) is 0 Å². The summed E-state index contributed by atoms with van der Waals surface area (Å²) in [6.45, 7) is 12.9. The van der Waals surface area contributed by atoms with Crippen LogP contribution < -0.4 is 4.74 Å². The van der Waals surface area contributed by atoms with Crippen molar-refractivity contribution >= 4 is 21.8 Å². The van der Waals surface area contributed by atoms with E-state index in [4.69, 9.17) is 14.8 Å². The Morgan fingerprint density at radius 1 is 0.733 bits per heavy atom. The minimum absolute atomic E-state index is 0.494. The summed E-state index contributed by atoms with van der Waals surface area (Å²) in [5.41, 5.74) is 11.3. The third-order valence-electron chi connectivity index (χ3n) is 8.94. The van der Waals surface area contributed by atoms with Crippen LogP contribution in [0, 0.1) is 27.7 Å². The van der Waals surface area contributed by atoms with Crippen LogP contribution in [0.15, 0.2) is 103 Å². The molecule has 0 radical (unpaired) electrons. The summed E-state index contributed by atoms with van der Waals surface area (Å²) in [5.74, 6) is 2.94. The van der Waals surface area contributed by atoms with Crippen LogP contribution in [0.2, 0.25) is 0 Å². The fourth-order valence-electron chi connectivity index (χ4n) is 6.48. The number of nitrogens with zero attached hydrogens (tertiary/aromatic N) is 4. The average Bonchev–Trinajstić information content (AvgIpc) is 3.52. The van der Waals surface area contributed by atoms with E-state index in [-0.39, 0.29) is 0 Å². The highest BCUT2D eigenvalue weighted by Gasteiger charge is 2.18. The van der Waals surface area contributed by atoms with Gasteiger partial charge in [-0.15, -0.1) is 0 Å². The van der Waals surface area contributed by atoms with Gasteiger partial charge in [0.25, 0.3) is 0 Å². The minimum Gasteiger partial charge on any atom is -0.457 e. The Bertz CT molecular complexity index is 2190. The van der Waals surface area contributed by atoms with Gasteiger partial charge in [-0.25, -0.2) is 9.67 Å². The molecule has 224 valence electrons. The zero-order chi connectivity index (χ0) is 31.2. The number of aryl methyl sites for hydroxylation is 3. The lowest BCUT2D eigenvalue weighted by atomic mass is 9.97. The van der Waals surface area contributed by atoms with Crippen molar-refractivity contribution in [1.82, 2.24) is 19.3 Å². The highest BCUT2D eigenvalue weighted by molar-refractivity contribution is 6.09. The summed E-state index contributed by atoms with van der Waals surface area (Å²) in [6, 6.07) is 34.2. The van der Waals surface area contributed by atoms with Crippen LogP contribution in [-0.4, -0.2) is 19.3 Å². The Balaban J connectivity index is 1.32. The topological polar surface area (TPSA) is 44.9 Å². The van der Waals surface area contributed by atoms with Gasteiger partial charge in [0.1, 0.15) is 17.3 Å². The smallest absolute Gasteiger partial charge is 0.137 e. The van der Waals surface area contributed by atoms with Crippen LogP contribution >= 0.6 is 0 Å². The molecule has 5 heteroatoms. The molecule has 0 fully saturated rings. The molecule has 0 aliphatic rings. The molecule has 3 aromatic heterocycles. The summed E-state index contributed by atoms with van der Waals surface area (Å²) < 4.78 is 10.9. The second kappa shape index (κ2) is 11.4. The third kappa shape index (κ3) is 5.18. The molecule has 45 heavy (non-hydrogen) atoms. The van der Waals surface area contributed by atoms with Gasteiger partial charge < -0.3 is 4.74 Å². The monoisotopic (exact) mass is 590 g/mol. The minimum atomic E-state index is 0.494. The summed E-state index contributed by atoms with van der Waals surface area (Å²) in [4.78, 5) is 4.78. The van der Waals surface area contributed by atoms with E-state index in [1.807, 2.05) is 23.0 Å². The molecule has 5 nitrogen and oxygen atoms in total. The van der Waals surface area contributed by atoms with E-state index in [0.29, 0.717) is 5.92 Å². The SMILES string of the molecule is CCC(C)c1ccc2c(c1)c1ccc(Oc3cc(C)cc(-n4nc(C)c(-c5ccccc5)c4C)c3)cc1n2-c1cc(C)ccn1. The summed E-state index contributed by atoms with van der Waals surface area (Å²) in [6.07, 6.45) is 2.98. The molecule has 7 rings (SSSR count). The van der Waals surface area contributed by atoms with Crippen LogP contribution in [0.5, 0.6) is 11.5 Å². The van der Waals surface area contributed by atoms with Gasteiger partial charge in [-0.1, -0.05) is 50.2 Å². The van der Waals surface area contributed by atoms with Crippen molar-refractivity contribution in [3.05, 3.63) is 131 Å². The fourth-order valence-corrected chi connectivity index (χ4v) is 6.48. The molecule has 0 saturated heterocycles. The lowest BCUT2D eigenvalue weighted by Gasteiger charge is -2.12. The van der Waals surface area contributed by atoms with E-state index in [0.717, 1.165) is 57.4 Å². The van der Waals surface area contributed by atoms with Crippen LogP contribution in [-0.2, 0) is 0 Å². The van der Waals surface area contributed by atoms with Gasteiger partial charge in [0, 0.05) is 40.4 Å². The highest BCUT2D eigenvalue weighted by Crippen LogP contribution is 2.37. The lowest BCUT2D eigenvalue weighted by molar-refractivity contribution is 0.482. The van der Waals surface area contributed by atoms with Gasteiger partial charge in [-0.3, -0.25) is 4.57 Å². The maximum atomic E-state index is 6.61. The van der Waals surface area contributed by atoms with Crippen molar-refractivity contribution < 1.29 is 4.74 Å². The van der Waals surface area contributed by atoms with Crippen molar-refractivity contribution in [2.75, 3.05) is 0 Å². The Labute approximate surface area is 264 Å². The van der Waals surface area contributed by atoms with Crippen LogP contribution in [0.25, 0.3) is 44.4 Å². The quantitative estimate of drug-likeness (QED) is 0.185. The van der Waals surface area contributed by atoms with Crippen molar-refractivity contribution in [3.8, 4) is 34.1 Å². The standard InChI is InChI=1S/C40H38N4O/c1-7-27(4)31-13-16-37-36(22-31)35-15-14-33(24-38(35)43(37)39-21-25(2)17-18-41-39)45-34-20-26(3)19-32(23-34)44-29(6)40(28(5)42-44)30-11-9-8-10-12-30/h8-24,27H,7H2,1-6H3. The van der Waals surface area contributed by atoms with Crippen molar-refractivity contribution in [3.63, 3.8) is 0 Å². The molecule has 0 bridgehead atoms. The number of aromatic nitrogens is 4. The van der Waals surface area contributed by atoms with E-state index in [2.05, 4.69) is 131 Å². The van der Waals surface area contributed by atoms with Gasteiger partial charge in [0.2, 0.25) is 0 Å². The van der Waals surface area contributed by atoms with E-state index < -0.39 is 0 Å². The van der Waals surface area contributed by atoms with Crippen molar-refractivity contribution in [2.45, 2.75) is 53.9 Å². The molecule has 0 N–H and O–H groups in total. The van der Waals surface area contributed by atoms with Gasteiger partial charge in [-0.05, 0) is 111 Å². The molecule has 0 aliphatic carbocycles. The molecular weight excluding hydrogens is 552 g/mol. The molecule has 0 spiro atoms. The van der Waals surface area contributed by atoms with Crippen LogP contribution in [0.1, 0.15) is 54.3 Å². The zero-order valence-electron chi connectivity index (χ0n) is 26.8. The second-order valence-corrected chi connectivity index (χ2v) is 12.2. The normalized spacial score (nSPS) is 12.2. The maximum Gasteiger partial charge on any atom is 0.137 e. The predicted octanol–water partition coefficient (Wildman–Crippen LogP) is 10.6. The first-order valence-corrected chi connectivity index (χ1v) is 15.7. The Morgan fingerprint density at radius 2 is 1.56 bits per heavy atom. The second-order valence-electron chi connectivity index (χ2n) is 12.2. The van der Waals surface area contributed by atoms with Gasteiger partial charge >= 0.3 is 0 Å². The number of hydrogen-bond acceptors (Lipinski definition) is 3. The van der Waals surface area contributed by atoms with E-state index in [1.54, 1.807) is 0 Å². The number of benzene rings is 4. The molecule has 0 amide bonds. The Kier molecular flexibility index (Phi) is 7.25. The largest absolute Gasteiger partial charge is 0.457 e. The number of ether oxygens (including phenoxy) is 1. The molecule has 0 aliphatic heterocycles. The molecule has 1 unspecified atom stereocenters. The molecule has 7 aromatic rings. The molecule has 4 aromatic carbocycles. The first kappa shape index (κ1) is 28.6. The van der Waals surface area contributed by atoms with Crippen LogP contribution in [0.4, 0.5) is 0 Å². The molecule has 1 atom stereocenters. The maximum absolute atomic E-state index is 6.61.